The zero-order valence-electron chi connectivity index (χ0n) is 11.8. The third-order valence-electron chi connectivity index (χ3n) is 3.78. The van der Waals surface area contributed by atoms with Gasteiger partial charge in [-0.2, -0.15) is 0 Å². The number of ether oxygens (including phenoxy) is 1. The van der Waals surface area contributed by atoms with Crippen LogP contribution < -0.4 is 21.7 Å². The van der Waals surface area contributed by atoms with Gasteiger partial charge >= 0.3 is 5.97 Å². The Bertz CT molecular complexity index is 519. The lowest BCUT2D eigenvalue weighted by Gasteiger charge is -2.22. The number of rotatable bonds is 5. The Morgan fingerprint density at radius 2 is 1.81 bits per heavy atom. The summed E-state index contributed by atoms with van der Waals surface area (Å²) in [5.74, 6) is 4.87. The third kappa shape index (κ3) is 3.88. The molecule has 21 heavy (non-hydrogen) atoms. The molecule has 6 N–H and O–H groups in total. The SMILES string of the molecule is NN/C(Oc1ccc(C2CCCCC2)cc1)=C(\N)C(=O)O. The number of hydrogen-bond acceptors (Lipinski definition) is 5. The van der Waals surface area contributed by atoms with Crippen LogP contribution in [0.25, 0.3) is 0 Å². The fourth-order valence-corrected chi connectivity index (χ4v) is 2.62. The van der Waals surface area contributed by atoms with E-state index in [9.17, 15) is 4.79 Å². The van der Waals surface area contributed by atoms with Gasteiger partial charge in [0.05, 0.1) is 0 Å². The molecule has 0 aromatic heterocycles. The van der Waals surface area contributed by atoms with Crippen LogP contribution in [0.4, 0.5) is 0 Å². The predicted octanol–water partition coefficient (Wildman–Crippen LogP) is 1.79. The summed E-state index contributed by atoms with van der Waals surface area (Å²) in [5.41, 5.74) is 8.37. The average Bonchev–Trinajstić information content (AvgIpc) is 2.53. The molecule has 1 aromatic rings. The van der Waals surface area contributed by atoms with Crippen LogP contribution in [0.3, 0.4) is 0 Å². The van der Waals surface area contributed by atoms with E-state index in [2.05, 4.69) is 5.43 Å². The number of carbonyl (C=O) groups is 1. The summed E-state index contributed by atoms with van der Waals surface area (Å²) in [7, 11) is 0. The minimum absolute atomic E-state index is 0.173. The highest BCUT2D eigenvalue weighted by Crippen LogP contribution is 2.33. The lowest BCUT2D eigenvalue weighted by Crippen LogP contribution is -2.31. The average molecular weight is 291 g/mol. The first-order valence-electron chi connectivity index (χ1n) is 7.09. The van der Waals surface area contributed by atoms with Crippen LogP contribution in [0, 0.1) is 0 Å². The zero-order chi connectivity index (χ0) is 15.2. The molecule has 114 valence electrons. The van der Waals surface area contributed by atoms with Crippen LogP contribution in [0.2, 0.25) is 0 Å². The maximum atomic E-state index is 10.8. The maximum Gasteiger partial charge on any atom is 0.357 e. The summed E-state index contributed by atoms with van der Waals surface area (Å²) in [5, 5.41) is 8.82. The molecule has 0 atom stereocenters. The summed E-state index contributed by atoms with van der Waals surface area (Å²) in [6, 6.07) is 7.62. The summed E-state index contributed by atoms with van der Waals surface area (Å²) in [6.07, 6.45) is 6.33. The molecular formula is C15H21N3O3. The molecule has 2 rings (SSSR count). The first-order chi connectivity index (χ1) is 10.1. The molecule has 1 aliphatic rings. The number of hydrazine groups is 1. The normalized spacial score (nSPS) is 17.0. The van der Waals surface area contributed by atoms with Crippen molar-refractivity contribution in [1.82, 2.24) is 5.43 Å². The van der Waals surface area contributed by atoms with Crippen molar-refractivity contribution in [3.05, 3.63) is 41.4 Å². The van der Waals surface area contributed by atoms with E-state index >= 15 is 0 Å². The highest BCUT2D eigenvalue weighted by molar-refractivity contribution is 5.85. The van der Waals surface area contributed by atoms with Crippen LogP contribution in [0.15, 0.2) is 35.8 Å². The monoisotopic (exact) mass is 291 g/mol. The van der Waals surface area contributed by atoms with E-state index < -0.39 is 11.7 Å². The maximum absolute atomic E-state index is 10.8. The molecule has 1 aromatic carbocycles. The van der Waals surface area contributed by atoms with Gasteiger partial charge in [0, 0.05) is 0 Å². The minimum Gasteiger partial charge on any atom is -0.476 e. The standard InChI is InChI=1S/C15H21N3O3/c16-13(15(19)20)14(18-17)21-12-8-6-11(7-9-12)10-4-2-1-3-5-10/h6-10,18H,1-5,16-17H2,(H,19,20)/b14-13+. The lowest BCUT2D eigenvalue weighted by atomic mass is 9.84. The summed E-state index contributed by atoms with van der Waals surface area (Å²) >= 11 is 0. The summed E-state index contributed by atoms with van der Waals surface area (Å²) in [4.78, 5) is 10.8. The van der Waals surface area contributed by atoms with Gasteiger partial charge in [0.2, 0.25) is 5.88 Å². The van der Waals surface area contributed by atoms with Crippen molar-refractivity contribution < 1.29 is 14.6 Å². The second kappa shape index (κ2) is 6.99. The number of nitrogens with two attached hydrogens (primary N) is 2. The van der Waals surface area contributed by atoms with Gasteiger partial charge in [-0.05, 0) is 36.5 Å². The molecule has 0 amide bonds. The molecule has 1 fully saturated rings. The van der Waals surface area contributed by atoms with E-state index in [0.29, 0.717) is 11.7 Å². The molecule has 0 radical (unpaired) electrons. The van der Waals surface area contributed by atoms with Gasteiger partial charge in [0.1, 0.15) is 5.75 Å². The van der Waals surface area contributed by atoms with E-state index in [-0.39, 0.29) is 5.88 Å². The Hall–Kier alpha value is -2.21. The minimum atomic E-state index is -1.29. The van der Waals surface area contributed by atoms with Crippen LogP contribution in [0.1, 0.15) is 43.6 Å². The predicted molar refractivity (Wildman–Crippen MR) is 79.1 cm³/mol. The van der Waals surface area contributed by atoms with E-state index in [1.807, 2.05) is 12.1 Å². The zero-order valence-corrected chi connectivity index (χ0v) is 11.8. The molecule has 0 heterocycles. The molecule has 0 bridgehead atoms. The first-order valence-corrected chi connectivity index (χ1v) is 7.09. The van der Waals surface area contributed by atoms with Gasteiger partial charge < -0.3 is 15.6 Å². The second-order valence-corrected chi connectivity index (χ2v) is 5.20. The Kier molecular flexibility index (Phi) is 5.05. The quantitative estimate of drug-likeness (QED) is 0.285. The molecule has 0 saturated heterocycles. The van der Waals surface area contributed by atoms with Crippen molar-refractivity contribution in [3.63, 3.8) is 0 Å². The molecule has 0 unspecified atom stereocenters. The third-order valence-corrected chi connectivity index (χ3v) is 3.78. The van der Waals surface area contributed by atoms with E-state index in [1.165, 1.54) is 37.7 Å². The summed E-state index contributed by atoms with van der Waals surface area (Å²) in [6.45, 7) is 0. The van der Waals surface area contributed by atoms with Crippen molar-refractivity contribution >= 4 is 5.97 Å². The lowest BCUT2D eigenvalue weighted by molar-refractivity contribution is -0.132. The number of benzene rings is 1. The Labute approximate surface area is 123 Å². The molecule has 1 saturated carbocycles. The molecule has 0 spiro atoms. The van der Waals surface area contributed by atoms with Crippen LogP contribution in [-0.2, 0) is 4.79 Å². The number of aliphatic carboxylic acids is 1. The van der Waals surface area contributed by atoms with Gasteiger partial charge in [-0.25, -0.2) is 10.6 Å². The molecule has 6 nitrogen and oxygen atoms in total. The van der Waals surface area contributed by atoms with Crippen LogP contribution in [-0.4, -0.2) is 11.1 Å². The van der Waals surface area contributed by atoms with Gasteiger partial charge in [0.25, 0.3) is 0 Å². The number of carboxylic acids is 1. The Balaban J connectivity index is 2.08. The number of hydrogen-bond donors (Lipinski definition) is 4. The highest BCUT2D eigenvalue weighted by Gasteiger charge is 2.16. The Morgan fingerprint density at radius 1 is 1.19 bits per heavy atom. The van der Waals surface area contributed by atoms with Crippen molar-refractivity contribution in [1.29, 1.82) is 0 Å². The fraction of sp³-hybridized carbons (Fsp3) is 0.400. The van der Waals surface area contributed by atoms with E-state index in [0.717, 1.165) is 0 Å². The van der Waals surface area contributed by atoms with Gasteiger partial charge in [-0.3, -0.25) is 5.43 Å². The largest absolute Gasteiger partial charge is 0.476 e. The van der Waals surface area contributed by atoms with Gasteiger partial charge in [-0.1, -0.05) is 31.4 Å². The fourth-order valence-electron chi connectivity index (χ4n) is 2.62. The molecule has 6 heteroatoms. The number of carboxylic acid groups (broad SMARTS) is 1. The van der Waals surface area contributed by atoms with E-state index in [4.69, 9.17) is 21.4 Å². The molecular weight excluding hydrogens is 270 g/mol. The van der Waals surface area contributed by atoms with Crippen LogP contribution in [0.5, 0.6) is 5.75 Å². The van der Waals surface area contributed by atoms with Gasteiger partial charge in [-0.15, -0.1) is 0 Å². The van der Waals surface area contributed by atoms with Crippen molar-refractivity contribution in [2.24, 2.45) is 11.6 Å². The highest BCUT2D eigenvalue weighted by atomic mass is 16.5. The van der Waals surface area contributed by atoms with Crippen molar-refractivity contribution in [3.8, 4) is 5.75 Å². The number of nitrogens with one attached hydrogen (secondary N) is 1. The van der Waals surface area contributed by atoms with Crippen molar-refractivity contribution in [2.45, 2.75) is 38.0 Å². The van der Waals surface area contributed by atoms with Crippen molar-refractivity contribution in [2.75, 3.05) is 0 Å². The smallest absolute Gasteiger partial charge is 0.357 e. The first kappa shape index (κ1) is 15.2. The second-order valence-electron chi connectivity index (χ2n) is 5.20. The summed E-state index contributed by atoms with van der Waals surface area (Å²) < 4.78 is 5.37. The molecule has 0 aliphatic heterocycles. The van der Waals surface area contributed by atoms with E-state index in [1.54, 1.807) is 12.1 Å². The molecule has 1 aliphatic carbocycles. The Morgan fingerprint density at radius 3 is 2.33 bits per heavy atom. The topological polar surface area (TPSA) is 111 Å². The van der Waals surface area contributed by atoms with Gasteiger partial charge in [0.15, 0.2) is 5.70 Å². The van der Waals surface area contributed by atoms with Crippen LogP contribution >= 0.6 is 0 Å².